The highest BCUT2D eigenvalue weighted by atomic mass is 16.2. The van der Waals surface area contributed by atoms with Crippen molar-refractivity contribution in [3.63, 3.8) is 0 Å². The first kappa shape index (κ1) is 14.0. The van der Waals surface area contributed by atoms with E-state index in [0.717, 1.165) is 32.7 Å². The molecule has 1 N–H and O–H groups in total. The van der Waals surface area contributed by atoms with E-state index in [2.05, 4.69) is 15.2 Å². The molecule has 2 rings (SSSR count). The number of hydrogen-bond donors (Lipinski definition) is 1. The van der Waals surface area contributed by atoms with Gasteiger partial charge in [0.15, 0.2) is 0 Å². The van der Waals surface area contributed by atoms with E-state index in [1.165, 1.54) is 5.56 Å². The molecule has 0 saturated carbocycles. The Bertz CT molecular complexity index is 401. The Morgan fingerprint density at radius 3 is 2.53 bits per heavy atom. The molecule has 1 aromatic rings. The number of aromatic nitrogens is 1. The predicted octanol–water partition coefficient (Wildman–Crippen LogP) is 0.334. The predicted molar refractivity (Wildman–Crippen MR) is 74.6 cm³/mol. The van der Waals surface area contributed by atoms with Gasteiger partial charge in [0.1, 0.15) is 0 Å². The maximum atomic E-state index is 12.0. The van der Waals surface area contributed by atoms with Crippen molar-refractivity contribution in [3.05, 3.63) is 30.1 Å². The lowest BCUT2D eigenvalue weighted by Gasteiger charge is -2.35. The topological polar surface area (TPSA) is 48.5 Å². The van der Waals surface area contributed by atoms with Gasteiger partial charge >= 0.3 is 0 Å². The van der Waals surface area contributed by atoms with Gasteiger partial charge in [-0.25, -0.2) is 0 Å². The number of nitrogens with one attached hydrogen (secondary N) is 1. The van der Waals surface area contributed by atoms with Crippen molar-refractivity contribution in [2.24, 2.45) is 0 Å². The minimum Gasteiger partial charge on any atom is -0.339 e. The maximum Gasteiger partial charge on any atom is 0.239 e. The van der Waals surface area contributed by atoms with Crippen LogP contribution in [0.2, 0.25) is 0 Å². The lowest BCUT2D eigenvalue weighted by atomic mass is 10.2. The van der Waals surface area contributed by atoms with E-state index in [4.69, 9.17) is 0 Å². The van der Waals surface area contributed by atoms with Crippen molar-refractivity contribution in [3.8, 4) is 0 Å². The summed E-state index contributed by atoms with van der Waals surface area (Å²) in [7, 11) is 1.82. The highest BCUT2D eigenvalue weighted by molar-refractivity contribution is 5.81. The number of hydrogen-bond acceptors (Lipinski definition) is 4. The monoisotopic (exact) mass is 262 g/mol. The largest absolute Gasteiger partial charge is 0.339 e. The van der Waals surface area contributed by atoms with Crippen LogP contribution >= 0.6 is 0 Å². The molecule has 1 saturated heterocycles. The zero-order valence-electron chi connectivity index (χ0n) is 11.7. The minimum atomic E-state index is -0.0910. The van der Waals surface area contributed by atoms with Crippen LogP contribution in [0.5, 0.6) is 0 Å². The van der Waals surface area contributed by atoms with Crippen LogP contribution in [0.25, 0.3) is 0 Å². The molecule has 1 aromatic heterocycles. The third kappa shape index (κ3) is 3.75. The van der Waals surface area contributed by atoms with E-state index in [9.17, 15) is 4.79 Å². The van der Waals surface area contributed by atoms with Crippen molar-refractivity contribution in [1.82, 2.24) is 20.1 Å². The molecular formula is C14H22N4O. The molecule has 0 bridgehead atoms. The molecule has 2 heterocycles. The number of nitrogens with zero attached hydrogens (tertiary/aromatic N) is 3. The molecule has 0 radical (unpaired) electrons. The van der Waals surface area contributed by atoms with E-state index >= 15 is 0 Å². The van der Waals surface area contributed by atoms with Crippen LogP contribution < -0.4 is 5.32 Å². The third-order valence-electron chi connectivity index (χ3n) is 3.64. The smallest absolute Gasteiger partial charge is 0.239 e. The molecule has 1 atom stereocenters. The highest BCUT2D eigenvalue weighted by Crippen LogP contribution is 2.08. The summed E-state index contributed by atoms with van der Waals surface area (Å²) in [6, 6.07) is 3.99. The van der Waals surface area contributed by atoms with Crippen LogP contribution in [-0.2, 0) is 11.3 Å². The lowest BCUT2D eigenvalue weighted by Crippen LogP contribution is -2.52. The molecule has 104 valence electrons. The first-order valence-electron chi connectivity index (χ1n) is 6.78. The Balaban J connectivity index is 1.81. The fourth-order valence-corrected chi connectivity index (χ4v) is 2.27. The maximum absolute atomic E-state index is 12.0. The van der Waals surface area contributed by atoms with Gasteiger partial charge < -0.3 is 10.2 Å². The number of carbonyl (C=O) groups is 1. The van der Waals surface area contributed by atoms with E-state index < -0.39 is 0 Å². The molecule has 1 aliphatic heterocycles. The van der Waals surface area contributed by atoms with Gasteiger partial charge in [-0.1, -0.05) is 0 Å². The molecule has 0 aliphatic carbocycles. The normalized spacial score (nSPS) is 18.3. The molecule has 1 unspecified atom stereocenters. The second-order valence-corrected chi connectivity index (χ2v) is 4.97. The second-order valence-electron chi connectivity index (χ2n) is 4.97. The standard InChI is InChI=1S/C14H22N4O/c1-12(15-2)14(19)18-9-7-17(8-10-18)11-13-3-5-16-6-4-13/h3-6,12,15H,7-11H2,1-2H3. The number of amides is 1. The molecule has 1 aliphatic rings. The molecular weight excluding hydrogens is 240 g/mol. The molecule has 5 heteroatoms. The number of piperazine rings is 1. The van der Waals surface area contributed by atoms with Crippen molar-refractivity contribution >= 4 is 5.91 Å². The van der Waals surface area contributed by atoms with E-state index in [1.54, 1.807) is 0 Å². The molecule has 1 fully saturated rings. The van der Waals surface area contributed by atoms with E-state index in [-0.39, 0.29) is 11.9 Å². The van der Waals surface area contributed by atoms with Crippen molar-refractivity contribution in [2.75, 3.05) is 33.2 Å². The summed E-state index contributed by atoms with van der Waals surface area (Å²) >= 11 is 0. The minimum absolute atomic E-state index is 0.0910. The van der Waals surface area contributed by atoms with Crippen molar-refractivity contribution < 1.29 is 4.79 Å². The summed E-state index contributed by atoms with van der Waals surface area (Å²) in [5.74, 6) is 0.200. The van der Waals surface area contributed by atoms with Crippen LogP contribution in [0.4, 0.5) is 0 Å². The first-order chi connectivity index (χ1) is 9.20. The second kappa shape index (κ2) is 6.63. The number of carbonyl (C=O) groups excluding carboxylic acids is 1. The summed E-state index contributed by atoms with van der Waals surface area (Å²) < 4.78 is 0. The SMILES string of the molecule is CNC(C)C(=O)N1CCN(Cc2ccncc2)CC1. The van der Waals surface area contributed by atoms with Gasteiger partial charge in [0, 0.05) is 45.1 Å². The molecule has 1 amide bonds. The van der Waals surface area contributed by atoms with Crippen LogP contribution in [0.1, 0.15) is 12.5 Å². The van der Waals surface area contributed by atoms with Crippen LogP contribution in [0.3, 0.4) is 0 Å². The zero-order valence-corrected chi connectivity index (χ0v) is 11.7. The summed E-state index contributed by atoms with van der Waals surface area (Å²) in [5, 5.41) is 3.00. The Labute approximate surface area is 114 Å². The average molecular weight is 262 g/mol. The number of likely N-dealkylation sites (N-methyl/N-ethyl adjacent to an activating group) is 1. The first-order valence-corrected chi connectivity index (χ1v) is 6.78. The quantitative estimate of drug-likeness (QED) is 0.850. The van der Waals surface area contributed by atoms with Crippen LogP contribution in [0.15, 0.2) is 24.5 Å². The van der Waals surface area contributed by atoms with Gasteiger partial charge in [-0.3, -0.25) is 14.7 Å². The average Bonchev–Trinajstić information content (AvgIpc) is 2.47. The van der Waals surface area contributed by atoms with Crippen molar-refractivity contribution in [2.45, 2.75) is 19.5 Å². The summed E-state index contributed by atoms with van der Waals surface area (Å²) in [4.78, 5) is 20.4. The van der Waals surface area contributed by atoms with Gasteiger partial charge in [-0.05, 0) is 31.7 Å². The van der Waals surface area contributed by atoms with Gasteiger partial charge in [0.2, 0.25) is 5.91 Å². The fraction of sp³-hybridized carbons (Fsp3) is 0.571. The Morgan fingerprint density at radius 1 is 1.32 bits per heavy atom. The molecule has 0 aromatic carbocycles. The molecule has 0 spiro atoms. The summed E-state index contributed by atoms with van der Waals surface area (Å²) in [5.41, 5.74) is 1.28. The number of pyridine rings is 1. The van der Waals surface area contributed by atoms with E-state index in [1.807, 2.05) is 43.4 Å². The van der Waals surface area contributed by atoms with Gasteiger partial charge in [-0.2, -0.15) is 0 Å². The Morgan fingerprint density at radius 2 is 1.95 bits per heavy atom. The Kier molecular flexibility index (Phi) is 4.87. The van der Waals surface area contributed by atoms with Crippen LogP contribution in [0, 0.1) is 0 Å². The van der Waals surface area contributed by atoms with Gasteiger partial charge in [-0.15, -0.1) is 0 Å². The molecule has 19 heavy (non-hydrogen) atoms. The number of rotatable bonds is 4. The summed E-state index contributed by atoms with van der Waals surface area (Å²) in [6.07, 6.45) is 3.65. The Hall–Kier alpha value is -1.46. The van der Waals surface area contributed by atoms with Gasteiger partial charge in [0.05, 0.1) is 6.04 Å². The highest BCUT2D eigenvalue weighted by Gasteiger charge is 2.23. The zero-order chi connectivity index (χ0) is 13.7. The third-order valence-corrected chi connectivity index (χ3v) is 3.64. The molecule has 5 nitrogen and oxygen atoms in total. The lowest BCUT2D eigenvalue weighted by molar-refractivity contribution is -0.134. The van der Waals surface area contributed by atoms with Gasteiger partial charge in [0.25, 0.3) is 0 Å². The van der Waals surface area contributed by atoms with Crippen molar-refractivity contribution in [1.29, 1.82) is 0 Å². The van der Waals surface area contributed by atoms with E-state index in [0.29, 0.717) is 0 Å². The van der Waals surface area contributed by atoms with Crippen LogP contribution in [-0.4, -0.2) is 60.0 Å². The fourth-order valence-electron chi connectivity index (χ4n) is 2.27. The summed E-state index contributed by atoms with van der Waals surface area (Å²) in [6.45, 7) is 6.35.